The highest BCUT2D eigenvalue weighted by Crippen LogP contribution is 2.33. The fourth-order valence-electron chi connectivity index (χ4n) is 3.44. The maximum atomic E-state index is 6.05. The van der Waals surface area contributed by atoms with Crippen LogP contribution >= 0.6 is 0 Å². The van der Waals surface area contributed by atoms with Gasteiger partial charge in [-0.05, 0) is 49.9 Å². The van der Waals surface area contributed by atoms with Gasteiger partial charge in [-0.15, -0.1) is 0 Å². The molecule has 1 saturated carbocycles. The molecule has 1 heterocycles. The summed E-state index contributed by atoms with van der Waals surface area (Å²) in [6, 6.07) is 8.90. The van der Waals surface area contributed by atoms with Crippen LogP contribution in [0.2, 0.25) is 0 Å². The van der Waals surface area contributed by atoms with Crippen LogP contribution in [0.5, 0.6) is 5.75 Å². The van der Waals surface area contributed by atoms with E-state index in [4.69, 9.17) is 4.74 Å². The topological polar surface area (TPSA) is 12.5 Å². The lowest BCUT2D eigenvalue weighted by Gasteiger charge is -2.22. The van der Waals surface area contributed by atoms with Gasteiger partial charge in [-0.2, -0.15) is 0 Å². The van der Waals surface area contributed by atoms with E-state index in [2.05, 4.69) is 36.2 Å². The highest BCUT2D eigenvalue weighted by molar-refractivity contribution is 5.30. The van der Waals surface area contributed by atoms with Crippen molar-refractivity contribution in [3.8, 4) is 5.75 Å². The second-order valence-electron chi connectivity index (χ2n) is 6.19. The Labute approximate surface area is 116 Å². The maximum Gasteiger partial charge on any atom is 0.119 e. The molecule has 1 aliphatic carbocycles. The van der Waals surface area contributed by atoms with Crippen molar-refractivity contribution in [3.05, 3.63) is 29.8 Å². The first kappa shape index (κ1) is 13.0. The standard InChI is InChI=1S/C17H25NO/c1-18-12-11-17(13-18)19-16-9-7-15(8-10-16)14-5-3-2-4-6-14/h7-10,14,17H,2-6,11-13H2,1H3. The lowest BCUT2D eigenvalue weighted by atomic mass is 9.84. The third-order valence-corrected chi connectivity index (χ3v) is 4.61. The van der Waals surface area contributed by atoms with Crippen LogP contribution in [0.1, 0.15) is 50.0 Å². The first-order valence-corrected chi connectivity index (χ1v) is 7.76. The average molecular weight is 259 g/mol. The summed E-state index contributed by atoms with van der Waals surface area (Å²) in [5.41, 5.74) is 1.51. The molecule has 0 bridgehead atoms. The zero-order valence-electron chi connectivity index (χ0n) is 12.0. The van der Waals surface area contributed by atoms with Crippen molar-refractivity contribution >= 4 is 0 Å². The molecule has 0 spiro atoms. The van der Waals surface area contributed by atoms with Gasteiger partial charge in [0.25, 0.3) is 0 Å². The van der Waals surface area contributed by atoms with E-state index < -0.39 is 0 Å². The summed E-state index contributed by atoms with van der Waals surface area (Å²) in [4.78, 5) is 2.33. The Morgan fingerprint density at radius 3 is 2.37 bits per heavy atom. The maximum absolute atomic E-state index is 6.05. The van der Waals surface area contributed by atoms with Crippen LogP contribution in [0.15, 0.2) is 24.3 Å². The fraction of sp³-hybridized carbons (Fsp3) is 0.647. The number of benzene rings is 1. The van der Waals surface area contributed by atoms with Gasteiger partial charge >= 0.3 is 0 Å². The van der Waals surface area contributed by atoms with Gasteiger partial charge < -0.3 is 9.64 Å². The Morgan fingerprint density at radius 1 is 1.00 bits per heavy atom. The second kappa shape index (κ2) is 5.96. The predicted octanol–water partition coefficient (Wildman–Crippen LogP) is 3.82. The first-order chi connectivity index (χ1) is 9.31. The van der Waals surface area contributed by atoms with Crippen LogP contribution in [0.4, 0.5) is 0 Å². The zero-order chi connectivity index (χ0) is 13.1. The molecule has 1 aromatic carbocycles. The molecule has 0 amide bonds. The lowest BCUT2D eigenvalue weighted by molar-refractivity contribution is 0.208. The Morgan fingerprint density at radius 2 is 1.74 bits per heavy atom. The second-order valence-corrected chi connectivity index (χ2v) is 6.19. The zero-order valence-corrected chi connectivity index (χ0v) is 12.0. The van der Waals surface area contributed by atoms with E-state index in [9.17, 15) is 0 Å². The van der Waals surface area contributed by atoms with Gasteiger partial charge in [0.1, 0.15) is 11.9 Å². The largest absolute Gasteiger partial charge is 0.489 e. The summed E-state index contributed by atoms with van der Waals surface area (Å²) >= 11 is 0. The Kier molecular flexibility index (Phi) is 4.07. The van der Waals surface area contributed by atoms with Crippen LogP contribution in [0.25, 0.3) is 0 Å². The van der Waals surface area contributed by atoms with Crippen molar-refractivity contribution < 1.29 is 4.74 Å². The summed E-state index contributed by atoms with van der Waals surface area (Å²) in [5, 5.41) is 0. The minimum Gasteiger partial charge on any atom is -0.489 e. The molecule has 104 valence electrons. The minimum absolute atomic E-state index is 0.380. The van der Waals surface area contributed by atoms with Gasteiger partial charge in [-0.1, -0.05) is 31.4 Å². The molecule has 2 fully saturated rings. The highest BCUT2D eigenvalue weighted by atomic mass is 16.5. The van der Waals surface area contributed by atoms with E-state index in [1.165, 1.54) is 37.7 Å². The summed E-state index contributed by atoms with van der Waals surface area (Å²) < 4.78 is 6.05. The van der Waals surface area contributed by atoms with Crippen molar-refractivity contribution in [1.82, 2.24) is 4.90 Å². The van der Waals surface area contributed by atoms with Crippen molar-refractivity contribution in [2.75, 3.05) is 20.1 Å². The monoisotopic (exact) mass is 259 g/mol. The number of hydrogen-bond acceptors (Lipinski definition) is 2. The van der Waals surface area contributed by atoms with Gasteiger partial charge in [-0.3, -0.25) is 0 Å². The minimum atomic E-state index is 0.380. The van der Waals surface area contributed by atoms with Crippen molar-refractivity contribution in [2.45, 2.75) is 50.5 Å². The van der Waals surface area contributed by atoms with Crippen LogP contribution in [-0.4, -0.2) is 31.1 Å². The molecular weight excluding hydrogens is 234 g/mol. The average Bonchev–Trinajstić information content (AvgIpc) is 2.86. The molecule has 1 atom stereocenters. The van der Waals surface area contributed by atoms with E-state index in [1.54, 1.807) is 0 Å². The van der Waals surface area contributed by atoms with E-state index in [1.807, 2.05) is 0 Å². The van der Waals surface area contributed by atoms with Gasteiger partial charge in [0, 0.05) is 13.1 Å². The number of likely N-dealkylation sites (N-methyl/N-ethyl adjacent to an activating group) is 1. The molecule has 1 unspecified atom stereocenters. The Hall–Kier alpha value is -1.02. The smallest absolute Gasteiger partial charge is 0.119 e. The first-order valence-electron chi connectivity index (χ1n) is 7.76. The van der Waals surface area contributed by atoms with Crippen molar-refractivity contribution in [1.29, 1.82) is 0 Å². The molecule has 0 N–H and O–H groups in total. The number of rotatable bonds is 3. The fourth-order valence-corrected chi connectivity index (χ4v) is 3.44. The number of hydrogen-bond donors (Lipinski definition) is 0. The van der Waals surface area contributed by atoms with Gasteiger partial charge in [0.05, 0.1) is 0 Å². The Balaban J connectivity index is 1.59. The van der Waals surface area contributed by atoms with Crippen molar-refractivity contribution in [3.63, 3.8) is 0 Å². The molecule has 1 saturated heterocycles. The highest BCUT2D eigenvalue weighted by Gasteiger charge is 2.21. The summed E-state index contributed by atoms with van der Waals surface area (Å²) in [7, 11) is 2.16. The summed E-state index contributed by atoms with van der Waals surface area (Å²) in [5.74, 6) is 1.83. The van der Waals surface area contributed by atoms with E-state index in [-0.39, 0.29) is 0 Å². The summed E-state index contributed by atoms with van der Waals surface area (Å²) in [6.45, 7) is 2.22. The molecule has 2 aliphatic rings. The predicted molar refractivity (Wildman–Crippen MR) is 78.8 cm³/mol. The molecule has 0 radical (unpaired) electrons. The number of ether oxygens (including phenoxy) is 1. The van der Waals surface area contributed by atoms with E-state index >= 15 is 0 Å². The van der Waals surface area contributed by atoms with Gasteiger partial charge in [0.15, 0.2) is 0 Å². The summed E-state index contributed by atoms with van der Waals surface area (Å²) in [6.07, 6.45) is 8.49. The molecule has 1 aromatic rings. The molecule has 0 aromatic heterocycles. The third-order valence-electron chi connectivity index (χ3n) is 4.61. The van der Waals surface area contributed by atoms with Crippen LogP contribution in [-0.2, 0) is 0 Å². The van der Waals surface area contributed by atoms with Crippen LogP contribution in [0.3, 0.4) is 0 Å². The van der Waals surface area contributed by atoms with Gasteiger partial charge in [-0.25, -0.2) is 0 Å². The lowest BCUT2D eigenvalue weighted by Crippen LogP contribution is -2.21. The molecule has 2 nitrogen and oxygen atoms in total. The third kappa shape index (κ3) is 3.30. The molecule has 3 rings (SSSR count). The molecule has 2 heteroatoms. The van der Waals surface area contributed by atoms with E-state index in [0.29, 0.717) is 6.10 Å². The van der Waals surface area contributed by atoms with Gasteiger partial charge in [0.2, 0.25) is 0 Å². The quantitative estimate of drug-likeness (QED) is 0.818. The molecule has 19 heavy (non-hydrogen) atoms. The molecule has 1 aliphatic heterocycles. The van der Waals surface area contributed by atoms with Crippen molar-refractivity contribution in [2.24, 2.45) is 0 Å². The SMILES string of the molecule is CN1CCC(Oc2ccc(C3CCCCC3)cc2)C1. The van der Waals surface area contributed by atoms with Crippen LogP contribution in [0, 0.1) is 0 Å². The van der Waals surface area contributed by atoms with Crippen LogP contribution < -0.4 is 4.74 Å². The number of nitrogens with zero attached hydrogens (tertiary/aromatic N) is 1. The number of likely N-dealkylation sites (tertiary alicyclic amines) is 1. The molecular formula is C17H25NO. The normalized spacial score (nSPS) is 25.6. The Bertz CT molecular complexity index is 394. The van der Waals surface area contributed by atoms with E-state index in [0.717, 1.165) is 31.2 Å².